The second-order valence-corrected chi connectivity index (χ2v) is 3.15. The van der Waals surface area contributed by atoms with Crippen molar-refractivity contribution >= 4 is 0 Å². The molecule has 2 N–H and O–H groups in total. The molecule has 0 aromatic carbocycles. The molecule has 2 atom stereocenters. The van der Waals surface area contributed by atoms with Crippen molar-refractivity contribution in [2.75, 3.05) is 20.2 Å². The molecule has 0 aromatic heterocycles. The monoisotopic (exact) mass is 175 g/mol. The summed E-state index contributed by atoms with van der Waals surface area (Å²) in [6.45, 7) is 5.54. The van der Waals surface area contributed by atoms with Crippen LogP contribution in [0.5, 0.6) is 0 Å². The Morgan fingerprint density at radius 3 is 2.58 bits per heavy atom. The number of rotatable bonds is 7. The number of methoxy groups -OCH3 is 1. The number of aliphatic hydroxyl groups excluding tert-OH is 1. The summed E-state index contributed by atoms with van der Waals surface area (Å²) in [4.78, 5) is 0. The first-order valence-corrected chi connectivity index (χ1v) is 4.62. The van der Waals surface area contributed by atoms with Crippen LogP contribution >= 0.6 is 0 Å². The summed E-state index contributed by atoms with van der Waals surface area (Å²) in [5, 5.41) is 12.5. The van der Waals surface area contributed by atoms with Crippen LogP contribution in [-0.4, -0.2) is 37.5 Å². The number of nitrogens with one attached hydrogen (secondary N) is 1. The predicted octanol–water partition coefficient (Wildman–Crippen LogP) is 0.772. The largest absolute Gasteiger partial charge is 0.392 e. The molecular formula is C9H21NO2. The smallest absolute Gasteiger partial charge is 0.0667 e. The Hall–Kier alpha value is -0.120. The van der Waals surface area contributed by atoms with Crippen molar-refractivity contribution in [2.24, 2.45) is 0 Å². The lowest BCUT2D eigenvalue weighted by Crippen LogP contribution is -2.32. The van der Waals surface area contributed by atoms with Gasteiger partial charge in [-0.25, -0.2) is 0 Å². The highest BCUT2D eigenvalue weighted by atomic mass is 16.5. The van der Waals surface area contributed by atoms with Crippen molar-refractivity contribution < 1.29 is 9.84 Å². The SMILES string of the molecule is CCCC(O)CNCC(C)OC. The van der Waals surface area contributed by atoms with Crippen molar-refractivity contribution in [3.63, 3.8) is 0 Å². The highest BCUT2D eigenvalue weighted by Crippen LogP contribution is 1.94. The molecule has 3 nitrogen and oxygen atoms in total. The molecule has 0 saturated carbocycles. The molecule has 0 heterocycles. The van der Waals surface area contributed by atoms with E-state index in [1.807, 2.05) is 6.92 Å². The summed E-state index contributed by atoms with van der Waals surface area (Å²) in [6, 6.07) is 0. The first-order valence-electron chi connectivity index (χ1n) is 4.62. The maximum absolute atomic E-state index is 9.33. The van der Waals surface area contributed by atoms with Crippen molar-refractivity contribution in [1.29, 1.82) is 0 Å². The van der Waals surface area contributed by atoms with Crippen LogP contribution in [0.1, 0.15) is 26.7 Å². The van der Waals surface area contributed by atoms with Gasteiger partial charge in [0.25, 0.3) is 0 Å². The third-order valence-corrected chi connectivity index (χ3v) is 1.84. The zero-order chi connectivity index (χ0) is 9.40. The maximum Gasteiger partial charge on any atom is 0.0667 e. The highest BCUT2D eigenvalue weighted by molar-refractivity contribution is 4.60. The Morgan fingerprint density at radius 2 is 2.08 bits per heavy atom. The fourth-order valence-electron chi connectivity index (χ4n) is 0.972. The van der Waals surface area contributed by atoms with E-state index in [-0.39, 0.29) is 12.2 Å². The van der Waals surface area contributed by atoms with Gasteiger partial charge in [0.1, 0.15) is 0 Å². The van der Waals surface area contributed by atoms with Gasteiger partial charge in [0.2, 0.25) is 0 Å². The van der Waals surface area contributed by atoms with E-state index in [1.54, 1.807) is 7.11 Å². The van der Waals surface area contributed by atoms with Crippen LogP contribution in [-0.2, 0) is 4.74 Å². The minimum absolute atomic E-state index is 0.209. The van der Waals surface area contributed by atoms with Crippen LogP contribution in [0.15, 0.2) is 0 Å². The molecule has 0 aliphatic carbocycles. The second kappa shape index (κ2) is 7.53. The van der Waals surface area contributed by atoms with E-state index in [9.17, 15) is 5.11 Å². The van der Waals surface area contributed by atoms with E-state index in [2.05, 4.69) is 12.2 Å². The molecule has 3 heteroatoms. The summed E-state index contributed by atoms with van der Waals surface area (Å²) in [5.74, 6) is 0. The molecule has 0 radical (unpaired) electrons. The van der Waals surface area contributed by atoms with Gasteiger partial charge in [-0.15, -0.1) is 0 Å². The van der Waals surface area contributed by atoms with Gasteiger partial charge in [-0.1, -0.05) is 13.3 Å². The van der Waals surface area contributed by atoms with E-state index >= 15 is 0 Å². The number of hydrogen-bond acceptors (Lipinski definition) is 3. The molecule has 12 heavy (non-hydrogen) atoms. The minimum atomic E-state index is -0.209. The van der Waals surface area contributed by atoms with E-state index in [0.29, 0.717) is 6.54 Å². The summed E-state index contributed by atoms with van der Waals surface area (Å²) >= 11 is 0. The van der Waals surface area contributed by atoms with Crippen molar-refractivity contribution in [3.8, 4) is 0 Å². The third-order valence-electron chi connectivity index (χ3n) is 1.84. The molecule has 0 saturated heterocycles. The van der Waals surface area contributed by atoms with Crippen LogP contribution in [0.25, 0.3) is 0 Å². The summed E-state index contributed by atoms with van der Waals surface area (Å²) < 4.78 is 5.05. The van der Waals surface area contributed by atoms with E-state index in [1.165, 1.54) is 0 Å². The van der Waals surface area contributed by atoms with Crippen LogP contribution in [0.3, 0.4) is 0 Å². The molecule has 0 aliphatic heterocycles. The molecule has 0 aromatic rings. The summed E-state index contributed by atoms with van der Waals surface area (Å²) in [5.41, 5.74) is 0. The molecule has 0 spiro atoms. The van der Waals surface area contributed by atoms with Gasteiger partial charge < -0.3 is 15.2 Å². The molecule has 0 rings (SSSR count). The van der Waals surface area contributed by atoms with Gasteiger partial charge in [0.15, 0.2) is 0 Å². The molecule has 0 bridgehead atoms. The zero-order valence-corrected chi connectivity index (χ0v) is 8.34. The predicted molar refractivity (Wildman–Crippen MR) is 50.3 cm³/mol. The van der Waals surface area contributed by atoms with Gasteiger partial charge in [0, 0.05) is 20.2 Å². The number of aliphatic hydroxyl groups is 1. The Bertz CT molecular complexity index is 98.5. The lowest BCUT2D eigenvalue weighted by molar-refractivity contribution is 0.107. The van der Waals surface area contributed by atoms with Gasteiger partial charge in [-0.3, -0.25) is 0 Å². The number of ether oxygens (including phenoxy) is 1. The first-order chi connectivity index (χ1) is 5.70. The Balaban J connectivity index is 3.18. The summed E-state index contributed by atoms with van der Waals surface area (Å²) in [6.07, 6.45) is 1.91. The van der Waals surface area contributed by atoms with Crippen molar-refractivity contribution in [3.05, 3.63) is 0 Å². The van der Waals surface area contributed by atoms with Crippen LogP contribution in [0.4, 0.5) is 0 Å². The lowest BCUT2D eigenvalue weighted by atomic mass is 10.2. The Morgan fingerprint density at radius 1 is 1.42 bits per heavy atom. The van der Waals surface area contributed by atoms with Crippen LogP contribution in [0, 0.1) is 0 Å². The quantitative estimate of drug-likeness (QED) is 0.600. The Kier molecular flexibility index (Phi) is 7.45. The van der Waals surface area contributed by atoms with Crippen molar-refractivity contribution in [1.82, 2.24) is 5.32 Å². The Labute approximate surface area is 75.1 Å². The lowest BCUT2D eigenvalue weighted by Gasteiger charge is -2.13. The van der Waals surface area contributed by atoms with E-state index in [4.69, 9.17) is 4.74 Å². The molecular weight excluding hydrogens is 154 g/mol. The average Bonchev–Trinajstić information content (AvgIpc) is 2.04. The fraction of sp³-hybridized carbons (Fsp3) is 1.00. The normalized spacial score (nSPS) is 16.0. The summed E-state index contributed by atoms with van der Waals surface area (Å²) in [7, 11) is 1.69. The zero-order valence-electron chi connectivity index (χ0n) is 8.34. The van der Waals surface area contributed by atoms with Gasteiger partial charge in [0.05, 0.1) is 12.2 Å². The van der Waals surface area contributed by atoms with Crippen molar-refractivity contribution in [2.45, 2.75) is 38.9 Å². The van der Waals surface area contributed by atoms with E-state index < -0.39 is 0 Å². The van der Waals surface area contributed by atoms with Gasteiger partial charge in [-0.05, 0) is 13.3 Å². The van der Waals surface area contributed by atoms with Gasteiger partial charge in [-0.2, -0.15) is 0 Å². The fourth-order valence-corrected chi connectivity index (χ4v) is 0.972. The molecule has 2 unspecified atom stereocenters. The van der Waals surface area contributed by atoms with Gasteiger partial charge >= 0.3 is 0 Å². The first kappa shape index (κ1) is 11.9. The molecule has 0 aliphatic rings. The van der Waals surface area contributed by atoms with Crippen LogP contribution < -0.4 is 5.32 Å². The molecule has 74 valence electrons. The second-order valence-electron chi connectivity index (χ2n) is 3.15. The molecule has 0 amide bonds. The third kappa shape index (κ3) is 6.58. The number of hydrogen-bond donors (Lipinski definition) is 2. The van der Waals surface area contributed by atoms with Crippen LogP contribution in [0.2, 0.25) is 0 Å². The average molecular weight is 175 g/mol. The highest BCUT2D eigenvalue weighted by Gasteiger charge is 2.03. The topological polar surface area (TPSA) is 41.5 Å². The molecule has 0 fully saturated rings. The standard InChI is InChI=1S/C9H21NO2/c1-4-5-9(11)7-10-6-8(2)12-3/h8-11H,4-7H2,1-3H3. The maximum atomic E-state index is 9.33. The minimum Gasteiger partial charge on any atom is -0.392 e. The van der Waals surface area contributed by atoms with E-state index in [0.717, 1.165) is 19.4 Å².